The fourth-order valence-corrected chi connectivity index (χ4v) is 4.50. The van der Waals surface area contributed by atoms with Gasteiger partial charge in [0.2, 0.25) is 5.91 Å². The lowest BCUT2D eigenvalue weighted by molar-refractivity contribution is -0.119. The van der Waals surface area contributed by atoms with Gasteiger partial charge in [-0.05, 0) is 25.0 Å². The number of anilines is 2. The molecule has 166 valence electrons. The molecule has 0 saturated carbocycles. The van der Waals surface area contributed by atoms with Gasteiger partial charge in [-0.3, -0.25) is 4.79 Å². The fourth-order valence-electron chi connectivity index (χ4n) is 3.81. The van der Waals surface area contributed by atoms with Gasteiger partial charge in [-0.15, -0.1) is 0 Å². The number of aromatic nitrogens is 2. The van der Waals surface area contributed by atoms with Crippen molar-refractivity contribution in [3.8, 4) is 5.75 Å². The van der Waals surface area contributed by atoms with Gasteiger partial charge in [-0.1, -0.05) is 17.8 Å². The van der Waals surface area contributed by atoms with Gasteiger partial charge in [0.05, 0.1) is 19.0 Å². The summed E-state index contributed by atoms with van der Waals surface area (Å²) in [6.45, 7) is 4.95. The van der Waals surface area contributed by atoms with Gasteiger partial charge in [-0.2, -0.15) is 0 Å². The van der Waals surface area contributed by atoms with E-state index in [-0.39, 0.29) is 12.0 Å². The van der Waals surface area contributed by atoms with Crippen molar-refractivity contribution in [3.63, 3.8) is 0 Å². The van der Waals surface area contributed by atoms with Gasteiger partial charge in [0.1, 0.15) is 22.9 Å². The first kappa shape index (κ1) is 21.7. The third kappa shape index (κ3) is 6.01. The molecule has 0 aliphatic carbocycles. The molecule has 2 saturated heterocycles. The van der Waals surface area contributed by atoms with Crippen LogP contribution in [0, 0.1) is 0 Å². The van der Waals surface area contributed by atoms with Gasteiger partial charge in [-0.25, -0.2) is 9.97 Å². The van der Waals surface area contributed by atoms with Crippen LogP contribution < -0.4 is 19.9 Å². The quantitative estimate of drug-likeness (QED) is 0.491. The zero-order valence-corrected chi connectivity index (χ0v) is 18.6. The number of carbonyl (C=O) groups excluding carboxylic acids is 1. The van der Waals surface area contributed by atoms with Crippen LogP contribution in [0.15, 0.2) is 41.7 Å². The molecule has 1 N–H and O–H groups in total. The fraction of sp³-hybridized carbons (Fsp3) is 0.500. The number of hydrogen-bond acceptors (Lipinski definition) is 8. The number of rotatable bonds is 8. The number of piperazine rings is 1. The standard InChI is InChI=1S/C22H29N5O3S/c1-29-18-5-2-4-17(12-18)26-7-9-27(10-8-26)20-13-22(25-16-24-20)31-15-21(28)23-14-19-6-3-11-30-19/h2,4-5,12-13,16,19H,3,6-11,14-15H2,1H3,(H,23,28). The molecular formula is C22H29N5O3S. The van der Waals surface area contributed by atoms with Crippen molar-refractivity contribution < 1.29 is 14.3 Å². The van der Waals surface area contributed by atoms with E-state index in [4.69, 9.17) is 9.47 Å². The molecule has 1 amide bonds. The molecule has 2 fully saturated rings. The third-order valence-corrected chi connectivity index (χ3v) is 6.48. The maximum absolute atomic E-state index is 12.1. The lowest BCUT2D eigenvalue weighted by atomic mass is 10.2. The van der Waals surface area contributed by atoms with Crippen LogP contribution in [0.4, 0.5) is 11.5 Å². The second kappa shape index (κ2) is 10.7. The SMILES string of the molecule is COc1cccc(N2CCN(c3cc(SCC(=O)NCC4CCCO4)ncn3)CC2)c1. The first-order valence-corrected chi connectivity index (χ1v) is 11.7. The Labute approximate surface area is 187 Å². The second-order valence-corrected chi connectivity index (χ2v) is 8.61. The van der Waals surface area contributed by atoms with Gasteiger partial charge in [0.15, 0.2) is 0 Å². The third-order valence-electron chi connectivity index (χ3n) is 5.55. The number of thioether (sulfide) groups is 1. The molecule has 0 spiro atoms. The topological polar surface area (TPSA) is 79.8 Å². The van der Waals surface area contributed by atoms with Gasteiger partial charge in [0.25, 0.3) is 0 Å². The van der Waals surface area contributed by atoms with Crippen LogP contribution in [-0.4, -0.2) is 74.2 Å². The number of amides is 1. The highest BCUT2D eigenvalue weighted by Crippen LogP contribution is 2.24. The Morgan fingerprint density at radius 2 is 2.06 bits per heavy atom. The normalized spacial score (nSPS) is 18.8. The smallest absolute Gasteiger partial charge is 0.230 e. The van der Waals surface area contributed by atoms with E-state index in [1.165, 1.54) is 17.4 Å². The van der Waals surface area contributed by atoms with Crippen molar-refractivity contribution >= 4 is 29.2 Å². The maximum atomic E-state index is 12.1. The first-order chi connectivity index (χ1) is 15.2. The maximum Gasteiger partial charge on any atom is 0.230 e. The van der Waals surface area contributed by atoms with Crippen LogP contribution in [0.1, 0.15) is 12.8 Å². The van der Waals surface area contributed by atoms with Crippen LogP contribution in [0.5, 0.6) is 5.75 Å². The Hall–Kier alpha value is -2.52. The van der Waals surface area contributed by atoms with Crippen LogP contribution in [0.2, 0.25) is 0 Å². The number of nitrogens with one attached hydrogen (secondary N) is 1. The highest BCUT2D eigenvalue weighted by molar-refractivity contribution is 7.99. The molecule has 9 heteroatoms. The molecular weight excluding hydrogens is 414 g/mol. The monoisotopic (exact) mass is 443 g/mol. The molecule has 8 nitrogen and oxygen atoms in total. The summed E-state index contributed by atoms with van der Waals surface area (Å²) >= 11 is 1.44. The summed E-state index contributed by atoms with van der Waals surface area (Å²) in [4.78, 5) is 25.5. The number of nitrogens with zero attached hydrogens (tertiary/aromatic N) is 4. The number of methoxy groups -OCH3 is 1. The number of carbonyl (C=O) groups is 1. The highest BCUT2D eigenvalue weighted by Gasteiger charge is 2.20. The summed E-state index contributed by atoms with van der Waals surface area (Å²) in [5.74, 6) is 2.12. The van der Waals surface area contributed by atoms with Crippen molar-refractivity contribution in [3.05, 3.63) is 36.7 Å². The zero-order valence-electron chi connectivity index (χ0n) is 17.8. The number of benzene rings is 1. The molecule has 2 aromatic rings. The van der Waals surface area contributed by atoms with Crippen molar-refractivity contribution in [2.45, 2.75) is 24.0 Å². The number of ether oxygens (including phenoxy) is 2. The summed E-state index contributed by atoms with van der Waals surface area (Å²) in [6, 6.07) is 10.1. The summed E-state index contributed by atoms with van der Waals surface area (Å²) in [5, 5.41) is 3.76. The lowest BCUT2D eigenvalue weighted by Crippen LogP contribution is -2.46. The minimum absolute atomic E-state index is 0.00701. The Kier molecular flexibility index (Phi) is 7.48. The molecule has 4 rings (SSSR count). The average molecular weight is 444 g/mol. The largest absolute Gasteiger partial charge is 0.497 e. The molecule has 1 atom stereocenters. The predicted octanol–water partition coefficient (Wildman–Crippen LogP) is 2.20. The van der Waals surface area contributed by atoms with Crippen molar-refractivity contribution in [2.75, 3.05) is 62.0 Å². The summed E-state index contributed by atoms with van der Waals surface area (Å²) in [7, 11) is 1.69. The van der Waals surface area contributed by atoms with Gasteiger partial charge in [0, 0.05) is 57.2 Å². The lowest BCUT2D eigenvalue weighted by Gasteiger charge is -2.36. The summed E-state index contributed by atoms with van der Waals surface area (Å²) in [6.07, 6.45) is 3.84. The van der Waals surface area contributed by atoms with Crippen molar-refractivity contribution in [1.29, 1.82) is 0 Å². The van der Waals surface area contributed by atoms with Crippen LogP contribution in [0.3, 0.4) is 0 Å². The molecule has 0 bridgehead atoms. The van der Waals surface area contributed by atoms with Crippen molar-refractivity contribution in [2.24, 2.45) is 0 Å². The highest BCUT2D eigenvalue weighted by atomic mass is 32.2. The van der Waals surface area contributed by atoms with Crippen LogP contribution >= 0.6 is 11.8 Å². The molecule has 2 aliphatic heterocycles. The number of hydrogen-bond donors (Lipinski definition) is 1. The first-order valence-electron chi connectivity index (χ1n) is 10.7. The molecule has 1 aromatic carbocycles. The van der Waals surface area contributed by atoms with Crippen molar-refractivity contribution in [1.82, 2.24) is 15.3 Å². The van der Waals surface area contributed by atoms with E-state index in [1.54, 1.807) is 13.4 Å². The zero-order chi connectivity index (χ0) is 21.5. The molecule has 0 radical (unpaired) electrons. The summed E-state index contributed by atoms with van der Waals surface area (Å²) in [5.41, 5.74) is 1.17. The van der Waals surface area contributed by atoms with Gasteiger partial charge < -0.3 is 24.6 Å². The Bertz CT molecular complexity index is 870. The Morgan fingerprint density at radius 3 is 2.84 bits per heavy atom. The Morgan fingerprint density at radius 1 is 1.23 bits per heavy atom. The second-order valence-electron chi connectivity index (χ2n) is 7.62. The average Bonchev–Trinajstić information content (AvgIpc) is 3.35. The van der Waals surface area contributed by atoms with E-state index in [1.807, 2.05) is 18.2 Å². The van der Waals surface area contributed by atoms with E-state index in [0.717, 1.165) is 62.2 Å². The van der Waals surface area contributed by atoms with E-state index >= 15 is 0 Å². The molecule has 2 aliphatic rings. The molecule has 31 heavy (non-hydrogen) atoms. The molecule has 1 aromatic heterocycles. The van der Waals surface area contributed by atoms with E-state index in [2.05, 4.69) is 37.2 Å². The van der Waals surface area contributed by atoms with Crippen LogP contribution in [-0.2, 0) is 9.53 Å². The van der Waals surface area contributed by atoms with Crippen LogP contribution in [0.25, 0.3) is 0 Å². The minimum atomic E-state index is 0.00701. The van der Waals surface area contributed by atoms with E-state index in [9.17, 15) is 4.79 Å². The van der Waals surface area contributed by atoms with Gasteiger partial charge >= 0.3 is 0 Å². The Balaban J connectivity index is 1.26. The van der Waals surface area contributed by atoms with E-state index < -0.39 is 0 Å². The summed E-state index contributed by atoms with van der Waals surface area (Å²) < 4.78 is 10.9. The molecule has 3 heterocycles. The van der Waals surface area contributed by atoms with E-state index in [0.29, 0.717) is 12.3 Å². The minimum Gasteiger partial charge on any atom is -0.497 e. The molecule has 1 unspecified atom stereocenters. The predicted molar refractivity (Wildman–Crippen MR) is 122 cm³/mol.